The summed E-state index contributed by atoms with van der Waals surface area (Å²) in [4.78, 5) is 0. The second kappa shape index (κ2) is 7.17. The second-order valence-corrected chi connectivity index (χ2v) is 3.31. The minimum Gasteiger partial charge on any atom is -0.0976 e. The van der Waals surface area contributed by atoms with Crippen LogP contribution in [0.2, 0.25) is 0 Å². The molecule has 0 aromatic carbocycles. The molecule has 0 nitrogen and oxygen atoms in total. The molecule has 0 spiro atoms. The number of halogens is 1. The van der Waals surface area contributed by atoms with Crippen molar-refractivity contribution in [2.45, 2.75) is 33.1 Å². The van der Waals surface area contributed by atoms with Gasteiger partial charge in [-0.15, -0.1) is 0 Å². The lowest BCUT2D eigenvalue weighted by atomic mass is 10.1. The van der Waals surface area contributed by atoms with Crippen molar-refractivity contribution in [3.63, 3.8) is 0 Å². The SMILES string of the molecule is C=C/C(Cl)=C\C=C(/C)CCCC. The summed E-state index contributed by atoms with van der Waals surface area (Å²) < 4.78 is 0. The minimum absolute atomic E-state index is 0.700. The molecule has 0 rings (SSSR count). The van der Waals surface area contributed by atoms with E-state index in [0.717, 1.165) is 6.42 Å². The highest BCUT2D eigenvalue weighted by Gasteiger charge is 1.87. The zero-order chi connectivity index (χ0) is 9.40. The van der Waals surface area contributed by atoms with Gasteiger partial charge in [0, 0.05) is 5.03 Å². The Labute approximate surface area is 80.6 Å². The molecule has 0 unspecified atom stereocenters. The van der Waals surface area contributed by atoms with Crippen molar-refractivity contribution in [2.75, 3.05) is 0 Å². The zero-order valence-electron chi connectivity index (χ0n) is 7.94. The van der Waals surface area contributed by atoms with Gasteiger partial charge in [-0.2, -0.15) is 0 Å². The summed E-state index contributed by atoms with van der Waals surface area (Å²) in [5.74, 6) is 0. The van der Waals surface area contributed by atoms with Gasteiger partial charge in [-0.25, -0.2) is 0 Å². The normalized spacial score (nSPS) is 13.2. The molecule has 0 N–H and O–H groups in total. The Kier molecular flexibility index (Phi) is 6.88. The van der Waals surface area contributed by atoms with Crippen molar-refractivity contribution in [3.05, 3.63) is 35.4 Å². The predicted molar refractivity (Wildman–Crippen MR) is 57.4 cm³/mol. The van der Waals surface area contributed by atoms with Gasteiger partial charge in [-0.3, -0.25) is 0 Å². The smallest absolute Gasteiger partial charge is 0.0400 e. The van der Waals surface area contributed by atoms with E-state index in [1.54, 1.807) is 6.08 Å². The van der Waals surface area contributed by atoms with Crippen LogP contribution in [0.4, 0.5) is 0 Å². The van der Waals surface area contributed by atoms with E-state index in [1.807, 2.05) is 6.08 Å². The number of hydrogen-bond acceptors (Lipinski definition) is 0. The number of allylic oxidation sites excluding steroid dienone is 5. The Morgan fingerprint density at radius 3 is 2.58 bits per heavy atom. The van der Waals surface area contributed by atoms with Crippen LogP contribution in [0.15, 0.2) is 35.4 Å². The van der Waals surface area contributed by atoms with Gasteiger partial charge in [0.2, 0.25) is 0 Å². The van der Waals surface area contributed by atoms with Gasteiger partial charge in [0.25, 0.3) is 0 Å². The second-order valence-electron chi connectivity index (χ2n) is 2.87. The molecule has 0 saturated carbocycles. The first-order chi connectivity index (χ1) is 5.70. The first-order valence-electron chi connectivity index (χ1n) is 4.36. The largest absolute Gasteiger partial charge is 0.0976 e. The summed E-state index contributed by atoms with van der Waals surface area (Å²) in [5, 5.41) is 0.700. The van der Waals surface area contributed by atoms with Crippen LogP contribution in [0.25, 0.3) is 0 Å². The predicted octanol–water partition coefficient (Wildman–Crippen LogP) is 4.43. The first kappa shape index (κ1) is 11.5. The summed E-state index contributed by atoms with van der Waals surface area (Å²) in [6.45, 7) is 7.89. The van der Waals surface area contributed by atoms with E-state index in [0.29, 0.717) is 5.03 Å². The molecular formula is C11H17Cl. The topological polar surface area (TPSA) is 0 Å². The molecule has 1 heteroatoms. The summed E-state index contributed by atoms with van der Waals surface area (Å²) in [6, 6.07) is 0. The third-order valence-electron chi connectivity index (χ3n) is 1.65. The fourth-order valence-corrected chi connectivity index (χ4v) is 0.892. The van der Waals surface area contributed by atoms with E-state index in [1.165, 1.54) is 18.4 Å². The van der Waals surface area contributed by atoms with Crippen LogP contribution in [0.3, 0.4) is 0 Å². The Balaban J connectivity index is 3.90. The maximum Gasteiger partial charge on any atom is 0.0400 e. The van der Waals surface area contributed by atoms with Crippen LogP contribution >= 0.6 is 11.6 Å². The van der Waals surface area contributed by atoms with Gasteiger partial charge in [0.05, 0.1) is 0 Å². The van der Waals surface area contributed by atoms with Gasteiger partial charge in [0.1, 0.15) is 0 Å². The van der Waals surface area contributed by atoms with Crippen LogP contribution in [-0.2, 0) is 0 Å². The molecule has 0 heterocycles. The van der Waals surface area contributed by atoms with Gasteiger partial charge < -0.3 is 0 Å². The highest BCUT2D eigenvalue weighted by Crippen LogP contribution is 2.08. The Bertz CT molecular complexity index is 187. The van der Waals surface area contributed by atoms with Gasteiger partial charge in [-0.05, 0) is 25.8 Å². The van der Waals surface area contributed by atoms with E-state index in [9.17, 15) is 0 Å². The van der Waals surface area contributed by atoms with Crippen molar-refractivity contribution in [2.24, 2.45) is 0 Å². The maximum absolute atomic E-state index is 5.74. The van der Waals surface area contributed by atoms with Crippen LogP contribution < -0.4 is 0 Å². The van der Waals surface area contributed by atoms with E-state index >= 15 is 0 Å². The molecule has 12 heavy (non-hydrogen) atoms. The van der Waals surface area contributed by atoms with Crippen LogP contribution in [0.1, 0.15) is 33.1 Å². The average molecular weight is 185 g/mol. The molecule has 0 aromatic heterocycles. The average Bonchev–Trinajstić information content (AvgIpc) is 2.10. The van der Waals surface area contributed by atoms with Crippen molar-refractivity contribution in [1.82, 2.24) is 0 Å². The third-order valence-corrected chi connectivity index (χ3v) is 1.93. The lowest BCUT2D eigenvalue weighted by Gasteiger charge is -1.96. The van der Waals surface area contributed by atoms with Crippen molar-refractivity contribution in [3.8, 4) is 0 Å². The monoisotopic (exact) mass is 184 g/mol. The lowest BCUT2D eigenvalue weighted by Crippen LogP contribution is -1.75. The quantitative estimate of drug-likeness (QED) is 0.555. The molecule has 68 valence electrons. The number of hydrogen-bond donors (Lipinski definition) is 0. The molecule has 0 saturated heterocycles. The molecule has 0 aliphatic carbocycles. The maximum atomic E-state index is 5.74. The fourth-order valence-electron chi connectivity index (χ4n) is 0.829. The molecular weight excluding hydrogens is 168 g/mol. The van der Waals surface area contributed by atoms with E-state index in [4.69, 9.17) is 11.6 Å². The highest BCUT2D eigenvalue weighted by molar-refractivity contribution is 6.31. The molecule has 0 radical (unpaired) electrons. The lowest BCUT2D eigenvalue weighted by molar-refractivity contribution is 0.787. The molecule has 0 bridgehead atoms. The Morgan fingerprint density at radius 1 is 1.42 bits per heavy atom. The molecule has 0 amide bonds. The van der Waals surface area contributed by atoms with Crippen LogP contribution in [0, 0.1) is 0 Å². The number of rotatable bonds is 5. The summed E-state index contributed by atoms with van der Waals surface area (Å²) in [7, 11) is 0. The van der Waals surface area contributed by atoms with E-state index in [-0.39, 0.29) is 0 Å². The Hall–Kier alpha value is -0.490. The van der Waals surface area contributed by atoms with Gasteiger partial charge in [0.15, 0.2) is 0 Å². The van der Waals surface area contributed by atoms with Crippen molar-refractivity contribution < 1.29 is 0 Å². The van der Waals surface area contributed by atoms with E-state index in [2.05, 4.69) is 26.5 Å². The van der Waals surface area contributed by atoms with Crippen LogP contribution in [0.5, 0.6) is 0 Å². The third kappa shape index (κ3) is 6.23. The van der Waals surface area contributed by atoms with Crippen molar-refractivity contribution >= 4 is 11.6 Å². The standard InChI is InChI=1S/C11H17Cl/c1-4-6-7-10(3)8-9-11(12)5-2/h5,8-9H,2,4,6-7H2,1,3H3/b10-8+,11-9+. The van der Waals surface area contributed by atoms with Crippen LogP contribution in [-0.4, -0.2) is 0 Å². The Morgan fingerprint density at radius 2 is 2.08 bits per heavy atom. The summed E-state index contributed by atoms with van der Waals surface area (Å²) in [6.07, 6.45) is 9.24. The first-order valence-corrected chi connectivity index (χ1v) is 4.74. The summed E-state index contributed by atoms with van der Waals surface area (Å²) in [5.41, 5.74) is 1.37. The van der Waals surface area contributed by atoms with Gasteiger partial charge >= 0.3 is 0 Å². The van der Waals surface area contributed by atoms with E-state index < -0.39 is 0 Å². The van der Waals surface area contributed by atoms with Crippen molar-refractivity contribution in [1.29, 1.82) is 0 Å². The fraction of sp³-hybridized carbons (Fsp3) is 0.455. The molecule has 0 atom stereocenters. The molecule has 0 aromatic rings. The minimum atomic E-state index is 0.700. The zero-order valence-corrected chi connectivity index (χ0v) is 8.69. The number of unbranched alkanes of at least 4 members (excludes halogenated alkanes) is 1. The highest BCUT2D eigenvalue weighted by atomic mass is 35.5. The molecule has 0 aliphatic rings. The molecule has 0 fully saturated rings. The van der Waals surface area contributed by atoms with Gasteiger partial charge in [-0.1, -0.05) is 49.2 Å². The molecule has 0 aliphatic heterocycles. The summed E-state index contributed by atoms with van der Waals surface area (Å²) >= 11 is 5.74.